The fraction of sp³-hybridized carbons (Fsp3) is 0.158. The van der Waals surface area contributed by atoms with Crippen molar-refractivity contribution in [3.05, 3.63) is 89.5 Å². The van der Waals surface area contributed by atoms with Crippen LogP contribution in [0.3, 0.4) is 0 Å². The lowest BCUT2D eigenvalue weighted by Gasteiger charge is -2.43. The molecule has 0 aliphatic carbocycles. The second-order valence-corrected chi connectivity index (χ2v) is 12.8. The van der Waals surface area contributed by atoms with Gasteiger partial charge >= 0.3 is 0 Å². The molecule has 0 radical (unpaired) electrons. The Hall–Kier alpha value is -5.90. The number of benzene rings is 5. The van der Waals surface area contributed by atoms with Crippen molar-refractivity contribution in [2.75, 3.05) is 30.2 Å². The van der Waals surface area contributed by atoms with Crippen molar-refractivity contribution < 1.29 is 32.8 Å². The Kier molecular flexibility index (Phi) is 4.98. The summed E-state index contributed by atoms with van der Waals surface area (Å²) in [5.41, 5.74) is 12.4. The Morgan fingerprint density at radius 3 is 2.17 bits per heavy atom. The highest BCUT2D eigenvalue weighted by molar-refractivity contribution is 7.01. The first-order chi connectivity index (χ1) is 23.5. The molecule has 6 aromatic rings. The maximum absolute atomic E-state index is 6.90. The number of anilines is 6. The van der Waals surface area contributed by atoms with Crippen LogP contribution >= 0.6 is 0 Å². The molecule has 0 N–H and O–H groups in total. The summed E-state index contributed by atoms with van der Waals surface area (Å²) in [7, 11) is 0. The number of fused-ring (bicyclic) bond motifs is 9. The zero-order chi connectivity index (χ0) is 31.8. The Bertz CT molecular complexity index is 2420. The molecule has 0 fully saturated rings. The third kappa shape index (κ3) is 3.31. The van der Waals surface area contributed by atoms with Gasteiger partial charge in [-0.15, -0.1) is 0 Å². The van der Waals surface area contributed by atoms with Gasteiger partial charge in [-0.3, -0.25) is 4.90 Å². The standard InChI is InChI=1S/C38H27BN2O7/c1-19-10-26-35-27(11-19)41(36-20(2)12-33-37(21(36)3)47-18-46-33)38-34(23-6-4-5-7-28(23)48-38)39(35)24-14-31-32(45-17-44-31)15-25(24)40(26)22-8-9-29-30(13-22)43-16-42-29/h4-15H,16-18H2,1-3H3. The Morgan fingerprint density at radius 2 is 1.31 bits per heavy atom. The van der Waals surface area contributed by atoms with E-state index in [4.69, 9.17) is 32.8 Å². The number of para-hydroxylation sites is 1. The van der Waals surface area contributed by atoms with Crippen molar-refractivity contribution in [1.29, 1.82) is 0 Å². The van der Waals surface area contributed by atoms with E-state index >= 15 is 0 Å². The second kappa shape index (κ2) is 9.13. The molecule has 5 aliphatic rings. The minimum absolute atomic E-state index is 0.158. The number of rotatable bonds is 2. The third-order valence-electron chi connectivity index (χ3n) is 10.1. The summed E-state index contributed by atoms with van der Waals surface area (Å²) in [5, 5.41) is 1.07. The first-order valence-electron chi connectivity index (χ1n) is 16.0. The van der Waals surface area contributed by atoms with Gasteiger partial charge in [0, 0.05) is 45.6 Å². The van der Waals surface area contributed by atoms with E-state index in [1.54, 1.807) is 0 Å². The Balaban J connectivity index is 1.27. The van der Waals surface area contributed by atoms with Gasteiger partial charge in [-0.25, -0.2) is 0 Å². The van der Waals surface area contributed by atoms with Gasteiger partial charge in [-0.05, 0) is 85.3 Å². The Morgan fingerprint density at radius 1 is 0.604 bits per heavy atom. The zero-order valence-corrected chi connectivity index (χ0v) is 26.4. The minimum atomic E-state index is -0.158. The van der Waals surface area contributed by atoms with Crippen molar-refractivity contribution in [1.82, 2.24) is 0 Å². The van der Waals surface area contributed by atoms with E-state index in [-0.39, 0.29) is 27.1 Å². The number of hydrogen-bond donors (Lipinski definition) is 0. The smallest absolute Gasteiger partial charge is 0.257 e. The van der Waals surface area contributed by atoms with Crippen LogP contribution in [-0.4, -0.2) is 27.1 Å². The highest BCUT2D eigenvalue weighted by Crippen LogP contribution is 2.52. The number of nitrogens with zero attached hydrogens (tertiary/aromatic N) is 2. The molecule has 5 aromatic carbocycles. The molecule has 5 aliphatic heterocycles. The summed E-state index contributed by atoms with van der Waals surface area (Å²) in [4.78, 5) is 4.60. The maximum atomic E-state index is 6.90. The quantitative estimate of drug-likeness (QED) is 0.195. The van der Waals surface area contributed by atoms with Crippen molar-refractivity contribution in [2.24, 2.45) is 0 Å². The van der Waals surface area contributed by atoms with Crippen LogP contribution in [0.25, 0.3) is 11.0 Å². The van der Waals surface area contributed by atoms with Crippen molar-refractivity contribution in [2.45, 2.75) is 20.8 Å². The maximum Gasteiger partial charge on any atom is 0.257 e. The molecule has 0 saturated carbocycles. The summed E-state index contributed by atoms with van der Waals surface area (Å²) >= 11 is 0. The molecule has 234 valence electrons. The van der Waals surface area contributed by atoms with Crippen LogP contribution in [0.4, 0.5) is 34.3 Å². The molecule has 11 rings (SSSR count). The van der Waals surface area contributed by atoms with Crippen molar-refractivity contribution >= 4 is 68.4 Å². The summed E-state index contributed by atoms with van der Waals surface area (Å²) < 4.78 is 42.3. The fourth-order valence-electron chi connectivity index (χ4n) is 8.22. The fourth-order valence-corrected chi connectivity index (χ4v) is 8.22. The van der Waals surface area contributed by atoms with E-state index in [2.05, 4.69) is 85.2 Å². The van der Waals surface area contributed by atoms with Crippen LogP contribution in [0.2, 0.25) is 0 Å². The predicted octanol–water partition coefficient (Wildman–Crippen LogP) is 6.63. The average molecular weight is 634 g/mol. The van der Waals surface area contributed by atoms with Crippen LogP contribution in [0.1, 0.15) is 16.7 Å². The van der Waals surface area contributed by atoms with E-state index in [0.29, 0.717) is 0 Å². The normalized spacial score (nSPS) is 15.6. The minimum Gasteiger partial charge on any atom is -0.454 e. The molecular formula is C38H27BN2O7. The molecule has 0 amide bonds. The van der Waals surface area contributed by atoms with Gasteiger partial charge in [0.25, 0.3) is 6.71 Å². The van der Waals surface area contributed by atoms with E-state index < -0.39 is 0 Å². The van der Waals surface area contributed by atoms with Crippen LogP contribution < -0.4 is 54.6 Å². The monoisotopic (exact) mass is 634 g/mol. The van der Waals surface area contributed by atoms with E-state index in [1.807, 2.05) is 18.2 Å². The molecule has 48 heavy (non-hydrogen) atoms. The first-order valence-corrected chi connectivity index (χ1v) is 16.0. The largest absolute Gasteiger partial charge is 0.454 e. The van der Waals surface area contributed by atoms with Crippen molar-refractivity contribution in [3.63, 3.8) is 0 Å². The van der Waals surface area contributed by atoms with Crippen LogP contribution in [0.5, 0.6) is 34.5 Å². The lowest BCUT2D eigenvalue weighted by Crippen LogP contribution is -2.61. The van der Waals surface area contributed by atoms with Gasteiger partial charge < -0.3 is 37.7 Å². The zero-order valence-electron chi connectivity index (χ0n) is 26.4. The SMILES string of the molecule is Cc1cc2c3c(c1)N(c1c(C)cc4c(c1C)OCO4)c1oc4ccccc4c1B3c1cc3c(cc1N2c1ccc2c(c1)OCO2)OCO3. The molecular weight excluding hydrogens is 607 g/mol. The number of furan rings is 1. The summed E-state index contributed by atoms with van der Waals surface area (Å²) in [6.45, 7) is 6.79. The van der Waals surface area contributed by atoms with Gasteiger partial charge in [-0.1, -0.05) is 18.2 Å². The van der Waals surface area contributed by atoms with Gasteiger partial charge in [-0.2, -0.15) is 0 Å². The van der Waals surface area contributed by atoms with Crippen LogP contribution in [-0.2, 0) is 0 Å². The highest BCUT2D eigenvalue weighted by Gasteiger charge is 2.48. The van der Waals surface area contributed by atoms with Gasteiger partial charge in [0.15, 0.2) is 34.5 Å². The first kappa shape index (κ1) is 26.2. The van der Waals surface area contributed by atoms with E-state index in [0.717, 1.165) is 107 Å². The highest BCUT2D eigenvalue weighted by atomic mass is 16.7. The molecule has 0 saturated heterocycles. The number of aryl methyl sites for hydroxylation is 2. The van der Waals surface area contributed by atoms with Gasteiger partial charge in [0.05, 0.1) is 11.4 Å². The summed E-state index contributed by atoms with van der Waals surface area (Å²) in [6.07, 6.45) is 0. The van der Waals surface area contributed by atoms with E-state index in [1.165, 1.54) is 5.46 Å². The molecule has 0 spiro atoms. The number of ether oxygens (including phenoxy) is 6. The Labute approximate surface area is 275 Å². The summed E-state index contributed by atoms with van der Waals surface area (Å²) in [6, 6.07) is 25.3. The lowest BCUT2D eigenvalue weighted by molar-refractivity contribution is 0.173. The molecule has 10 heteroatoms. The lowest BCUT2D eigenvalue weighted by atomic mass is 9.33. The van der Waals surface area contributed by atoms with Gasteiger partial charge in [0.1, 0.15) is 5.58 Å². The van der Waals surface area contributed by atoms with Crippen LogP contribution in [0, 0.1) is 20.8 Å². The molecule has 6 heterocycles. The molecule has 1 aromatic heterocycles. The number of hydrogen-bond acceptors (Lipinski definition) is 9. The summed E-state index contributed by atoms with van der Waals surface area (Å²) in [5.74, 6) is 5.22. The van der Waals surface area contributed by atoms with Gasteiger partial charge in [0.2, 0.25) is 26.3 Å². The van der Waals surface area contributed by atoms with E-state index in [9.17, 15) is 0 Å². The molecule has 0 atom stereocenters. The topological polar surface area (TPSA) is 75.0 Å². The predicted molar refractivity (Wildman–Crippen MR) is 183 cm³/mol. The molecule has 9 nitrogen and oxygen atoms in total. The molecule has 0 bridgehead atoms. The average Bonchev–Trinajstić information content (AvgIpc) is 3.90. The third-order valence-corrected chi connectivity index (χ3v) is 10.1. The van der Waals surface area contributed by atoms with Crippen molar-refractivity contribution in [3.8, 4) is 34.5 Å². The second-order valence-electron chi connectivity index (χ2n) is 12.8. The molecule has 0 unspecified atom stereocenters. The van der Waals surface area contributed by atoms with Crippen LogP contribution in [0.15, 0.2) is 77.2 Å².